The average Bonchev–Trinajstić information content (AvgIpc) is 2.95. The normalized spacial score (nSPS) is 12.9. The van der Waals surface area contributed by atoms with Gasteiger partial charge in [0.2, 0.25) is 5.88 Å². The van der Waals surface area contributed by atoms with E-state index in [4.69, 9.17) is 14.2 Å². The van der Waals surface area contributed by atoms with Gasteiger partial charge in [-0.25, -0.2) is 9.78 Å². The van der Waals surface area contributed by atoms with Crippen molar-refractivity contribution in [2.45, 2.75) is 57.9 Å². The quantitative estimate of drug-likeness (QED) is 0.276. The van der Waals surface area contributed by atoms with E-state index in [1.165, 1.54) is 13.8 Å². The Bertz CT molecular complexity index is 1400. The lowest BCUT2D eigenvalue weighted by Gasteiger charge is -2.30. The second-order valence-electron chi connectivity index (χ2n) is 10.0. The van der Waals surface area contributed by atoms with E-state index >= 15 is 0 Å². The maximum Gasteiger partial charge on any atom is 0.417 e. The van der Waals surface area contributed by atoms with Gasteiger partial charge in [0.1, 0.15) is 5.75 Å². The van der Waals surface area contributed by atoms with Crippen LogP contribution in [0.15, 0.2) is 66.9 Å². The van der Waals surface area contributed by atoms with Gasteiger partial charge in [0.05, 0.1) is 23.8 Å². The minimum absolute atomic E-state index is 0.126. The third-order valence-electron chi connectivity index (χ3n) is 6.42. The Labute approximate surface area is 242 Å². The molecule has 0 spiro atoms. The van der Waals surface area contributed by atoms with Gasteiger partial charge in [-0.15, -0.1) is 0 Å². The Morgan fingerprint density at radius 1 is 1.07 bits per heavy atom. The van der Waals surface area contributed by atoms with Gasteiger partial charge in [-0.05, 0) is 75.6 Å². The van der Waals surface area contributed by atoms with Crippen LogP contribution in [0.2, 0.25) is 0 Å². The van der Waals surface area contributed by atoms with E-state index in [1.54, 1.807) is 37.3 Å². The molecule has 0 saturated heterocycles. The number of amides is 1. The highest BCUT2D eigenvalue weighted by molar-refractivity contribution is 5.85. The van der Waals surface area contributed by atoms with E-state index in [9.17, 15) is 28.0 Å². The van der Waals surface area contributed by atoms with Gasteiger partial charge in [-0.1, -0.05) is 24.3 Å². The van der Waals surface area contributed by atoms with Gasteiger partial charge >= 0.3 is 12.1 Å². The molecule has 2 aromatic carbocycles. The second-order valence-corrected chi connectivity index (χ2v) is 10.0. The van der Waals surface area contributed by atoms with Gasteiger partial charge in [0, 0.05) is 24.2 Å². The van der Waals surface area contributed by atoms with E-state index in [1.807, 2.05) is 25.1 Å². The Hall–Kier alpha value is -4.59. The SMILES string of the molecule is CCOC(=O)COc1ccc(CC(c2cccc(C#N)c2)C(C)NC(=O)C(C)(C)Oc2ccc(C(F)(F)F)cn2)cc1. The van der Waals surface area contributed by atoms with Crippen molar-refractivity contribution in [1.29, 1.82) is 5.26 Å². The Morgan fingerprint density at radius 3 is 2.38 bits per heavy atom. The van der Waals surface area contributed by atoms with Crippen molar-refractivity contribution in [2.24, 2.45) is 0 Å². The van der Waals surface area contributed by atoms with Crippen molar-refractivity contribution in [3.63, 3.8) is 0 Å². The molecule has 0 fully saturated rings. The lowest BCUT2D eigenvalue weighted by molar-refractivity contribution is -0.145. The van der Waals surface area contributed by atoms with Gasteiger partial charge in [-0.3, -0.25) is 4.79 Å². The number of nitrogens with one attached hydrogen (secondary N) is 1. The molecular formula is C31H32F3N3O5. The molecule has 2 unspecified atom stereocenters. The zero-order chi connectivity index (χ0) is 30.9. The summed E-state index contributed by atoms with van der Waals surface area (Å²) in [6.07, 6.45) is -3.41. The lowest BCUT2D eigenvalue weighted by Crippen LogP contribution is -2.51. The molecule has 0 aliphatic carbocycles. The number of carbonyl (C=O) groups is 2. The van der Waals surface area contributed by atoms with Crippen LogP contribution >= 0.6 is 0 Å². The molecule has 0 aliphatic heterocycles. The van der Waals surface area contributed by atoms with E-state index in [2.05, 4.69) is 16.4 Å². The predicted octanol–water partition coefficient (Wildman–Crippen LogP) is 5.60. The number of hydrogen-bond donors (Lipinski definition) is 1. The summed E-state index contributed by atoms with van der Waals surface area (Å²) < 4.78 is 54.6. The molecule has 8 nitrogen and oxygen atoms in total. The number of carbonyl (C=O) groups excluding carboxylic acids is 2. The summed E-state index contributed by atoms with van der Waals surface area (Å²) in [6.45, 7) is 6.58. The summed E-state index contributed by atoms with van der Waals surface area (Å²) in [5, 5.41) is 12.4. The summed E-state index contributed by atoms with van der Waals surface area (Å²) in [5.41, 5.74) is -0.176. The Kier molecular flexibility index (Phi) is 10.5. The van der Waals surface area contributed by atoms with Crippen molar-refractivity contribution < 1.29 is 37.0 Å². The van der Waals surface area contributed by atoms with Crippen molar-refractivity contribution >= 4 is 11.9 Å². The molecular weight excluding hydrogens is 551 g/mol. The number of hydrogen-bond acceptors (Lipinski definition) is 7. The van der Waals surface area contributed by atoms with Crippen LogP contribution in [-0.2, 0) is 26.9 Å². The maximum atomic E-state index is 13.3. The summed E-state index contributed by atoms with van der Waals surface area (Å²) in [6, 6.07) is 17.8. The molecule has 0 aliphatic rings. The molecule has 1 aromatic heterocycles. The number of ether oxygens (including phenoxy) is 3. The fourth-order valence-corrected chi connectivity index (χ4v) is 4.14. The molecule has 3 aromatic rings. The van der Waals surface area contributed by atoms with Crippen molar-refractivity contribution in [3.05, 3.63) is 89.1 Å². The van der Waals surface area contributed by atoms with Crippen LogP contribution in [0.3, 0.4) is 0 Å². The predicted molar refractivity (Wildman–Crippen MR) is 148 cm³/mol. The summed E-state index contributed by atoms with van der Waals surface area (Å²) >= 11 is 0. The molecule has 2 atom stereocenters. The van der Waals surface area contributed by atoms with Crippen LogP contribution in [0, 0.1) is 11.3 Å². The highest BCUT2D eigenvalue weighted by Crippen LogP contribution is 2.30. The molecule has 1 heterocycles. The van der Waals surface area contributed by atoms with Gasteiger partial charge in [0.15, 0.2) is 12.2 Å². The molecule has 222 valence electrons. The minimum Gasteiger partial charge on any atom is -0.482 e. The second kappa shape index (κ2) is 13.9. The van der Waals surface area contributed by atoms with Gasteiger partial charge in [-0.2, -0.15) is 18.4 Å². The van der Waals surface area contributed by atoms with Gasteiger partial charge < -0.3 is 19.5 Å². The molecule has 0 saturated carbocycles. The molecule has 1 amide bonds. The van der Waals surface area contributed by atoms with Crippen LogP contribution < -0.4 is 14.8 Å². The fraction of sp³-hybridized carbons (Fsp3) is 0.355. The smallest absolute Gasteiger partial charge is 0.417 e. The minimum atomic E-state index is -4.54. The summed E-state index contributed by atoms with van der Waals surface area (Å²) in [7, 11) is 0. The first-order valence-corrected chi connectivity index (χ1v) is 13.2. The number of aromatic nitrogens is 1. The van der Waals surface area contributed by atoms with E-state index in [0.717, 1.165) is 23.3 Å². The maximum absolute atomic E-state index is 13.3. The first-order chi connectivity index (χ1) is 19.8. The molecule has 0 bridgehead atoms. The van der Waals surface area contributed by atoms with Crippen molar-refractivity contribution in [3.8, 4) is 17.7 Å². The third kappa shape index (κ3) is 8.96. The number of rotatable bonds is 12. The zero-order valence-corrected chi connectivity index (χ0v) is 23.7. The lowest BCUT2D eigenvalue weighted by atomic mass is 9.85. The number of nitrogens with zero attached hydrogens (tertiary/aromatic N) is 2. The number of halogens is 3. The highest BCUT2D eigenvalue weighted by atomic mass is 19.4. The topological polar surface area (TPSA) is 111 Å². The largest absolute Gasteiger partial charge is 0.482 e. The Balaban J connectivity index is 1.75. The Morgan fingerprint density at radius 2 is 1.79 bits per heavy atom. The molecule has 42 heavy (non-hydrogen) atoms. The standard InChI is InChI=1S/C31H32F3N3O5/c1-5-40-28(38)19-41-25-12-9-21(10-13-25)16-26(23-8-6-7-22(15-23)17-35)20(2)37-29(39)30(3,4)42-27-14-11-24(18-36-27)31(32,33)34/h6-15,18,20,26H,5,16,19H2,1-4H3,(H,37,39). The van der Waals surface area contributed by atoms with Gasteiger partial charge in [0.25, 0.3) is 5.91 Å². The van der Waals surface area contributed by atoms with Crippen LogP contribution in [0.25, 0.3) is 0 Å². The molecule has 1 N–H and O–H groups in total. The van der Waals surface area contributed by atoms with Crippen LogP contribution in [0.4, 0.5) is 13.2 Å². The van der Waals surface area contributed by atoms with Crippen LogP contribution in [-0.4, -0.2) is 41.7 Å². The number of nitriles is 1. The van der Waals surface area contributed by atoms with Crippen molar-refractivity contribution in [2.75, 3.05) is 13.2 Å². The third-order valence-corrected chi connectivity index (χ3v) is 6.42. The molecule has 0 radical (unpaired) electrons. The number of benzene rings is 2. The van der Waals surface area contributed by atoms with E-state index in [-0.39, 0.29) is 25.0 Å². The molecule has 3 rings (SSSR count). The zero-order valence-electron chi connectivity index (χ0n) is 23.7. The fourth-order valence-electron chi connectivity index (χ4n) is 4.14. The van der Waals surface area contributed by atoms with E-state index < -0.39 is 35.3 Å². The first-order valence-electron chi connectivity index (χ1n) is 13.2. The van der Waals surface area contributed by atoms with Crippen LogP contribution in [0.1, 0.15) is 55.9 Å². The summed E-state index contributed by atoms with van der Waals surface area (Å²) in [5.74, 6) is -0.870. The number of pyridine rings is 1. The highest BCUT2D eigenvalue weighted by Gasteiger charge is 2.34. The summed E-state index contributed by atoms with van der Waals surface area (Å²) in [4.78, 5) is 28.5. The average molecular weight is 584 g/mol. The van der Waals surface area contributed by atoms with E-state index in [0.29, 0.717) is 23.9 Å². The number of esters is 1. The first kappa shape index (κ1) is 31.9. The van der Waals surface area contributed by atoms with Crippen molar-refractivity contribution in [1.82, 2.24) is 10.3 Å². The molecule has 11 heteroatoms. The van der Waals surface area contributed by atoms with Crippen LogP contribution in [0.5, 0.6) is 11.6 Å². The number of alkyl halides is 3. The monoisotopic (exact) mass is 583 g/mol.